The number of hydrogen-bond donors (Lipinski definition) is 1. The molecule has 19 heavy (non-hydrogen) atoms. The van der Waals surface area contributed by atoms with E-state index in [0.29, 0.717) is 5.92 Å². The maximum atomic E-state index is 12.0. The summed E-state index contributed by atoms with van der Waals surface area (Å²) in [6, 6.07) is 2.99. The third-order valence-corrected chi connectivity index (χ3v) is 5.03. The molecule has 1 fully saturated rings. The van der Waals surface area contributed by atoms with Crippen LogP contribution in [-0.2, 0) is 14.6 Å². The van der Waals surface area contributed by atoms with Gasteiger partial charge in [-0.15, -0.1) is 0 Å². The predicted octanol–water partition coefficient (Wildman–Crippen LogP) is 1.42. The van der Waals surface area contributed by atoms with E-state index in [1.165, 1.54) is 18.3 Å². The lowest BCUT2D eigenvalue weighted by molar-refractivity contribution is -0.119. The molecule has 104 valence electrons. The van der Waals surface area contributed by atoms with Crippen LogP contribution in [0.25, 0.3) is 0 Å². The highest BCUT2D eigenvalue weighted by atomic mass is 35.5. The zero-order valence-corrected chi connectivity index (χ0v) is 12.0. The highest BCUT2D eigenvalue weighted by Crippen LogP contribution is 2.32. The van der Waals surface area contributed by atoms with Crippen LogP contribution < -0.4 is 5.32 Å². The summed E-state index contributed by atoms with van der Waals surface area (Å²) in [6.07, 6.45) is 3.50. The minimum atomic E-state index is -3.80. The van der Waals surface area contributed by atoms with Gasteiger partial charge in [0.15, 0.2) is 5.03 Å². The van der Waals surface area contributed by atoms with Gasteiger partial charge in [0.2, 0.25) is 15.7 Å². The molecule has 7 heteroatoms. The topological polar surface area (TPSA) is 76.1 Å². The Morgan fingerprint density at radius 1 is 1.58 bits per heavy atom. The smallest absolute Gasteiger partial charge is 0.235 e. The fourth-order valence-corrected chi connectivity index (χ4v) is 3.48. The SMILES string of the molecule is CC(NC(=O)CS(=O)(=O)c1ncccc1Cl)C1CC1. The molecule has 1 aromatic heterocycles. The molecule has 0 saturated heterocycles. The Hall–Kier alpha value is -1.14. The number of carbonyl (C=O) groups excluding carboxylic acids is 1. The molecule has 0 bridgehead atoms. The first kappa shape index (κ1) is 14.3. The van der Waals surface area contributed by atoms with Crippen LogP contribution in [0, 0.1) is 5.92 Å². The highest BCUT2D eigenvalue weighted by Gasteiger charge is 2.30. The van der Waals surface area contributed by atoms with Gasteiger partial charge in [0.1, 0.15) is 5.75 Å². The number of amides is 1. The van der Waals surface area contributed by atoms with E-state index in [0.717, 1.165) is 12.8 Å². The average Bonchev–Trinajstić information content (AvgIpc) is 3.11. The normalized spacial score (nSPS) is 16.9. The van der Waals surface area contributed by atoms with Gasteiger partial charge in [0.05, 0.1) is 5.02 Å². The van der Waals surface area contributed by atoms with Crippen molar-refractivity contribution in [2.24, 2.45) is 5.92 Å². The minimum Gasteiger partial charge on any atom is -0.352 e. The summed E-state index contributed by atoms with van der Waals surface area (Å²) < 4.78 is 24.0. The molecule has 0 spiro atoms. The molecule has 0 radical (unpaired) electrons. The largest absolute Gasteiger partial charge is 0.352 e. The third kappa shape index (κ3) is 3.67. The first-order valence-corrected chi connectivity index (χ1v) is 8.06. The van der Waals surface area contributed by atoms with Crippen LogP contribution >= 0.6 is 11.6 Å². The molecule has 2 rings (SSSR count). The number of hydrogen-bond acceptors (Lipinski definition) is 4. The van der Waals surface area contributed by atoms with Crippen molar-refractivity contribution >= 4 is 27.3 Å². The molecule has 1 aliphatic rings. The average molecular weight is 303 g/mol. The van der Waals surface area contributed by atoms with E-state index >= 15 is 0 Å². The lowest BCUT2D eigenvalue weighted by atomic mass is 10.2. The second kappa shape index (κ2) is 5.46. The Bertz CT molecular complexity index is 584. The summed E-state index contributed by atoms with van der Waals surface area (Å²) in [5.74, 6) is -0.660. The van der Waals surface area contributed by atoms with E-state index in [2.05, 4.69) is 10.3 Å². The van der Waals surface area contributed by atoms with Gasteiger partial charge in [0.25, 0.3) is 0 Å². The van der Waals surface area contributed by atoms with Crippen LogP contribution in [0.4, 0.5) is 0 Å². The molecular weight excluding hydrogens is 288 g/mol. The predicted molar refractivity (Wildman–Crippen MR) is 71.6 cm³/mol. The highest BCUT2D eigenvalue weighted by molar-refractivity contribution is 7.92. The molecule has 0 aromatic carbocycles. The second-order valence-electron chi connectivity index (χ2n) is 4.74. The summed E-state index contributed by atoms with van der Waals surface area (Å²) in [5.41, 5.74) is 0. The first-order chi connectivity index (χ1) is 8.90. The van der Waals surface area contributed by atoms with Gasteiger partial charge in [-0.25, -0.2) is 13.4 Å². The lowest BCUT2D eigenvalue weighted by Gasteiger charge is -2.12. The van der Waals surface area contributed by atoms with E-state index < -0.39 is 21.5 Å². The van der Waals surface area contributed by atoms with Crippen molar-refractivity contribution in [2.75, 3.05) is 5.75 Å². The van der Waals surface area contributed by atoms with Crippen LogP contribution in [0.15, 0.2) is 23.4 Å². The molecule has 1 N–H and O–H groups in total. The van der Waals surface area contributed by atoms with Crippen molar-refractivity contribution in [1.29, 1.82) is 0 Å². The van der Waals surface area contributed by atoms with E-state index in [-0.39, 0.29) is 16.1 Å². The molecule has 1 unspecified atom stereocenters. The number of aromatic nitrogens is 1. The second-order valence-corrected chi connectivity index (χ2v) is 7.06. The van der Waals surface area contributed by atoms with Crippen LogP contribution in [0.5, 0.6) is 0 Å². The summed E-state index contributed by atoms with van der Waals surface area (Å²) in [7, 11) is -3.80. The molecule has 1 amide bonds. The monoisotopic (exact) mass is 302 g/mol. The quantitative estimate of drug-likeness (QED) is 0.892. The number of nitrogens with zero attached hydrogens (tertiary/aromatic N) is 1. The summed E-state index contributed by atoms with van der Waals surface area (Å²) in [4.78, 5) is 15.5. The van der Waals surface area contributed by atoms with Crippen molar-refractivity contribution in [3.63, 3.8) is 0 Å². The summed E-state index contributed by atoms with van der Waals surface area (Å²) in [5, 5.41) is 2.49. The van der Waals surface area contributed by atoms with Gasteiger partial charge in [-0.2, -0.15) is 0 Å². The van der Waals surface area contributed by atoms with Crippen molar-refractivity contribution in [1.82, 2.24) is 10.3 Å². The minimum absolute atomic E-state index is 0.0157. The zero-order chi connectivity index (χ0) is 14.0. The summed E-state index contributed by atoms with van der Waals surface area (Å²) in [6.45, 7) is 1.88. The van der Waals surface area contributed by atoms with Crippen molar-refractivity contribution in [3.05, 3.63) is 23.4 Å². The molecular formula is C12H15ClN2O3S. The van der Waals surface area contributed by atoms with E-state index in [9.17, 15) is 13.2 Å². The Kier molecular flexibility index (Phi) is 4.10. The molecule has 0 aliphatic heterocycles. The van der Waals surface area contributed by atoms with Gasteiger partial charge >= 0.3 is 0 Å². The van der Waals surface area contributed by atoms with Gasteiger partial charge in [0, 0.05) is 12.2 Å². The fourth-order valence-electron chi connectivity index (χ4n) is 1.85. The maximum Gasteiger partial charge on any atom is 0.235 e. The summed E-state index contributed by atoms with van der Waals surface area (Å²) >= 11 is 5.79. The first-order valence-electron chi connectivity index (χ1n) is 6.03. The molecule has 1 heterocycles. The Morgan fingerprint density at radius 2 is 2.26 bits per heavy atom. The fraction of sp³-hybridized carbons (Fsp3) is 0.500. The Morgan fingerprint density at radius 3 is 2.84 bits per heavy atom. The standard InChI is InChI=1S/C12H15ClN2O3S/c1-8(9-4-5-9)15-11(16)7-19(17,18)12-10(13)3-2-6-14-12/h2-3,6,8-9H,4-5,7H2,1H3,(H,15,16). The van der Waals surface area contributed by atoms with E-state index in [1.54, 1.807) is 0 Å². The van der Waals surface area contributed by atoms with Crippen molar-refractivity contribution in [2.45, 2.75) is 30.8 Å². The number of pyridine rings is 1. The number of nitrogens with one attached hydrogen (secondary N) is 1. The van der Waals surface area contributed by atoms with Gasteiger partial charge in [-0.1, -0.05) is 11.6 Å². The Labute approximate surface area is 117 Å². The van der Waals surface area contributed by atoms with Crippen LogP contribution in [0.2, 0.25) is 5.02 Å². The molecule has 1 saturated carbocycles. The number of carbonyl (C=O) groups is 1. The van der Waals surface area contributed by atoms with Crippen LogP contribution in [0.3, 0.4) is 0 Å². The van der Waals surface area contributed by atoms with E-state index in [4.69, 9.17) is 11.6 Å². The van der Waals surface area contributed by atoms with Gasteiger partial charge in [-0.05, 0) is 37.8 Å². The number of sulfone groups is 1. The van der Waals surface area contributed by atoms with Gasteiger partial charge in [-0.3, -0.25) is 4.79 Å². The van der Waals surface area contributed by atoms with Crippen LogP contribution in [0.1, 0.15) is 19.8 Å². The zero-order valence-electron chi connectivity index (χ0n) is 10.5. The molecule has 1 aliphatic carbocycles. The Balaban J connectivity index is 2.04. The lowest BCUT2D eigenvalue weighted by Crippen LogP contribution is -2.38. The van der Waals surface area contributed by atoms with Crippen LogP contribution in [-0.4, -0.2) is 31.1 Å². The van der Waals surface area contributed by atoms with E-state index in [1.807, 2.05) is 6.92 Å². The van der Waals surface area contributed by atoms with Crippen molar-refractivity contribution < 1.29 is 13.2 Å². The number of rotatable bonds is 5. The maximum absolute atomic E-state index is 12.0. The van der Waals surface area contributed by atoms with Gasteiger partial charge < -0.3 is 5.32 Å². The molecule has 5 nitrogen and oxygen atoms in total. The molecule has 1 atom stereocenters. The van der Waals surface area contributed by atoms with Crippen molar-refractivity contribution in [3.8, 4) is 0 Å². The number of halogens is 1. The molecule has 1 aromatic rings. The third-order valence-electron chi connectivity index (χ3n) is 3.06.